The Morgan fingerprint density at radius 1 is 0.594 bits per heavy atom. The van der Waals surface area contributed by atoms with Crippen molar-refractivity contribution in [3.8, 4) is 0 Å². The summed E-state index contributed by atoms with van der Waals surface area (Å²) in [7, 11) is 0. The maximum Gasteiger partial charge on any atom is 0.305 e. The topological polar surface area (TPSA) is 52.6 Å². The molecular weight excluding hydrogens is 400 g/mol. The van der Waals surface area contributed by atoms with Crippen LogP contribution in [-0.2, 0) is 19.1 Å². The number of rotatable bonds is 22. The van der Waals surface area contributed by atoms with E-state index in [9.17, 15) is 9.59 Å². The molecule has 1 aliphatic carbocycles. The first kappa shape index (κ1) is 29.0. The van der Waals surface area contributed by atoms with Crippen LogP contribution in [0.25, 0.3) is 0 Å². The van der Waals surface area contributed by atoms with Gasteiger partial charge in [0.05, 0.1) is 13.2 Å². The van der Waals surface area contributed by atoms with Gasteiger partial charge >= 0.3 is 11.9 Å². The number of carbonyl (C=O) groups excluding carboxylic acids is 2. The quantitative estimate of drug-likeness (QED) is 0.122. The van der Waals surface area contributed by atoms with Crippen molar-refractivity contribution in [1.29, 1.82) is 0 Å². The van der Waals surface area contributed by atoms with E-state index in [4.69, 9.17) is 9.47 Å². The van der Waals surface area contributed by atoms with Crippen molar-refractivity contribution in [1.82, 2.24) is 0 Å². The molecule has 0 unspecified atom stereocenters. The number of esters is 2. The first-order valence-electron chi connectivity index (χ1n) is 14.0. The molecule has 0 aromatic carbocycles. The fraction of sp³-hybridized carbons (Fsp3) is 0.929. The van der Waals surface area contributed by atoms with Crippen molar-refractivity contribution in [2.24, 2.45) is 5.92 Å². The fourth-order valence-corrected chi connectivity index (χ4v) is 4.55. The molecule has 0 radical (unpaired) electrons. The zero-order valence-corrected chi connectivity index (χ0v) is 21.2. The van der Waals surface area contributed by atoms with E-state index in [0.29, 0.717) is 44.8 Å². The average Bonchev–Trinajstić information content (AvgIpc) is 3.31. The fourth-order valence-electron chi connectivity index (χ4n) is 4.55. The molecule has 0 aliphatic heterocycles. The molecule has 1 rings (SSSR count). The van der Waals surface area contributed by atoms with E-state index in [1.165, 1.54) is 103 Å². The van der Waals surface area contributed by atoms with Crippen molar-refractivity contribution in [3.63, 3.8) is 0 Å². The number of hydrogen-bond donors (Lipinski definition) is 0. The zero-order valence-electron chi connectivity index (χ0n) is 21.2. The highest BCUT2D eigenvalue weighted by molar-refractivity contribution is 5.70. The minimum atomic E-state index is -0.126. The Morgan fingerprint density at radius 2 is 1.03 bits per heavy atom. The van der Waals surface area contributed by atoms with Crippen molar-refractivity contribution in [2.45, 2.75) is 148 Å². The third-order valence-corrected chi connectivity index (χ3v) is 6.73. The van der Waals surface area contributed by atoms with Gasteiger partial charge in [0, 0.05) is 12.8 Å². The minimum Gasteiger partial charge on any atom is -0.466 e. The van der Waals surface area contributed by atoms with E-state index in [0.717, 1.165) is 12.8 Å². The Kier molecular flexibility index (Phi) is 19.7. The lowest BCUT2D eigenvalue weighted by molar-refractivity contribution is -0.146. The van der Waals surface area contributed by atoms with E-state index in [-0.39, 0.29) is 11.9 Å². The molecule has 0 atom stereocenters. The summed E-state index contributed by atoms with van der Waals surface area (Å²) in [5.74, 6) is 0.329. The summed E-state index contributed by atoms with van der Waals surface area (Å²) in [4.78, 5) is 23.5. The van der Waals surface area contributed by atoms with Gasteiger partial charge in [0.1, 0.15) is 0 Å². The van der Waals surface area contributed by atoms with E-state index in [1.807, 2.05) is 0 Å². The first-order valence-corrected chi connectivity index (χ1v) is 14.0. The average molecular weight is 453 g/mol. The molecule has 0 amide bonds. The van der Waals surface area contributed by atoms with Crippen LogP contribution in [0.3, 0.4) is 0 Å². The van der Waals surface area contributed by atoms with Crippen LogP contribution in [0.2, 0.25) is 0 Å². The molecule has 4 heteroatoms. The molecule has 1 saturated carbocycles. The van der Waals surface area contributed by atoms with Gasteiger partial charge in [-0.3, -0.25) is 9.59 Å². The Morgan fingerprint density at radius 3 is 1.53 bits per heavy atom. The number of hydrogen-bond acceptors (Lipinski definition) is 4. The second-order valence-electron chi connectivity index (χ2n) is 9.86. The van der Waals surface area contributed by atoms with Crippen LogP contribution >= 0.6 is 0 Å². The van der Waals surface area contributed by atoms with Gasteiger partial charge in [0.15, 0.2) is 0 Å². The van der Waals surface area contributed by atoms with E-state index < -0.39 is 0 Å². The standard InChI is InChI=1S/C28H52O4/c1-2-3-4-5-6-7-8-9-10-11-12-13-14-19-24-31-27(29)22-17-18-23-28(30)32-25-26-20-15-16-21-26/h26H,2-25H2,1H3. The highest BCUT2D eigenvalue weighted by atomic mass is 16.5. The summed E-state index contributed by atoms with van der Waals surface area (Å²) in [6.45, 7) is 3.40. The van der Waals surface area contributed by atoms with Gasteiger partial charge in [-0.25, -0.2) is 0 Å². The van der Waals surface area contributed by atoms with Crippen LogP contribution in [0.1, 0.15) is 148 Å². The van der Waals surface area contributed by atoms with Crippen LogP contribution in [-0.4, -0.2) is 25.2 Å². The van der Waals surface area contributed by atoms with E-state index >= 15 is 0 Å². The second kappa shape index (κ2) is 21.8. The SMILES string of the molecule is CCCCCCCCCCCCCCCCOC(=O)CCCCC(=O)OCC1CCCC1. The van der Waals surface area contributed by atoms with E-state index in [2.05, 4.69) is 6.92 Å². The molecule has 32 heavy (non-hydrogen) atoms. The Labute approximate surface area is 198 Å². The predicted octanol–water partition coefficient (Wildman–Crippen LogP) is 8.30. The summed E-state index contributed by atoms with van der Waals surface area (Å²) >= 11 is 0. The molecule has 1 fully saturated rings. The molecule has 0 N–H and O–H groups in total. The van der Waals surface area contributed by atoms with Crippen LogP contribution in [0, 0.1) is 5.92 Å². The van der Waals surface area contributed by atoms with Crippen LogP contribution in [0.15, 0.2) is 0 Å². The lowest BCUT2D eigenvalue weighted by Gasteiger charge is -2.09. The molecule has 188 valence electrons. The number of carbonyl (C=O) groups is 2. The maximum atomic E-state index is 11.8. The molecule has 0 saturated heterocycles. The summed E-state index contributed by atoms with van der Waals surface area (Å²) in [5.41, 5.74) is 0. The molecule has 1 aliphatic rings. The van der Waals surface area contributed by atoms with E-state index in [1.54, 1.807) is 0 Å². The van der Waals surface area contributed by atoms with Gasteiger partial charge in [0.25, 0.3) is 0 Å². The molecular formula is C28H52O4. The van der Waals surface area contributed by atoms with Gasteiger partial charge in [-0.15, -0.1) is 0 Å². The lowest BCUT2D eigenvalue weighted by atomic mass is 10.0. The van der Waals surface area contributed by atoms with Crippen molar-refractivity contribution in [2.75, 3.05) is 13.2 Å². The Bertz CT molecular complexity index is 443. The van der Waals surface area contributed by atoms with Gasteiger partial charge in [-0.05, 0) is 38.0 Å². The molecule has 0 aromatic rings. The molecule has 0 aromatic heterocycles. The van der Waals surface area contributed by atoms with Crippen LogP contribution < -0.4 is 0 Å². The van der Waals surface area contributed by atoms with Gasteiger partial charge in [0.2, 0.25) is 0 Å². The van der Waals surface area contributed by atoms with Gasteiger partial charge in [-0.2, -0.15) is 0 Å². The predicted molar refractivity (Wildman–Crippen MR) is 133 cm³/mol. The van der Waals surface area contributed by atoms with Crippen molar-refractivity contribution < 1.29 is 19.1 Å². The maximum absolute atomic E-state index is 11.8. The highest BCUT2D eigenvalue weighted by Crippen LogP contribution is 2.24. The van der Waals surface area contributed by atoms with Gasteiger partial charge in [-0.1, -0.05) is 103 Å². The van der Waals surface area contributed by atoms with Crippen LogP contribution in [0.4, 0.5) is 0 Å². The highest BCUT2D eigenvalue weighted by Gasteiger charge is 2.16. The smallest absolute Gasteiger partial charge is 0.305 e. The summed E-state index contributed by atoms with van der Waals surface area (Å²) in [5, 5.41) is 0. The number of unbranched alkanes of at least 4 members (excludes halogenated alkanes) is 14. The normalized spacial score (nSPS) is 14.0. The third-order valence-electron chi connectivity index (χ3n) is 6.73. The lowest BCUT2D eigenvalue weighted by Crippen LogP contribution is -2.12. The Balaban J connectivity index is 1.75. The van der Waals surface area contributed by atoms with Crippen LogP contribution in [0.5, 0.6) is 0 Å². The largest absolute Gasteiger partial charge is 0.466 e. The second-order valence-corrected chi connectivity index (χ2v) is 9.86. The molecule has 0 heterocycles. The summed E-state index contributed by atoms with van der Waals surface area (Å²) in [6, 6.07) is 0. The van der Waals surface area contributed by atoms with Crippen molar-refractivity contribution in [3.05, 3.63) is 0 Å². The van der Waals surface area contributed by atoms with Gasteiger partial charge < -0.3 is 9.47 Å². The monoisotopic (exact) mass is 452 g/mol. The van der Waals surface area contributed by atoms with Crippen molar-refractivity contribution >= 4 is 11.9 Å². The molecule has 0 bridgehead atoms. The summed E-state index contributed by atoms with van der Waals surface area (Å²) in [6.07, 6.45) is 25.8. The number of ether oxygens (including phenoxy) is 2. The third kappa shape index (κ3) is 18.5. The summed E-state index contributed by atoms with van der Waals surface area (Å²) < 4.78 is 10.7. The molecule has 4 nitrogen and oxygen atoms in total. The minimum absolute atomic E-state index is 0.118. The first-order chi connectivity index (χ1) is 15.7. The zero-order chi connectivity index (χ0) is 23.1. The Hall–Kier alpha value is -1.06. The molecule has 0 spiro atoms.